The van der Waals surface area contributed by atoms with Gasteiger partial charge in [0, 0.05) is 10.5 Å². The van der Waals surface area contributed by atoms with Gasteiger partial charge in [0.2, 0.25) is 0 Å². The Bertz CT molecular complexity index is 314. The van der Waals surface area contributed by atoms with Crippen LogP contribution in [0.15, 0.2) is 22.7 Å². The highest BCUT2D eigenvalue weighted by Crippen LogP contribution is 2.24. The number of aryl methyl sites for hydroxylation is 1. The van der Waals surface area contributed by atoms with E-state index in [1.807, 2.05) is 12.1 Å². The van der Waals surface area contributed by atoms with Gasteiger partial charge in [0.05, 0.1) is 7.11 Å². The molecule has 2 nitrogen and oxygen atoms in total. The zero-order valence-corrected chi connectivity index (χ0v) is 10.9. The molecule has 0 aliphatic heterocycles. The Balaban J connectivity index is 2.69. The quantitative estimate of drug-likeness (QED) is 0.893. The number of nitrogens with two attached hydrogens (primary N) is 1. The van der Waals surface area contributed by atoms with Crippen LogP contribution in [0.25, 0.3) is 0 Å². The predicted octanol–water partition coefficient (Wildman–Crippen LogP) is 3.13. The average Bonchev–Trinajstić information content (AvgIpc) is 2.26. The van der Waals surface area contributed by atoms with E-state index in [1.54, 1.807) is 7.11 Å². The smallest absolute Gasteiger partial charge is 0.122 e. The van der Waals surface area contributed by atoms with Crippen LogP contribution in [-0.4, -0.2) is 13.2 Å². The molecule has 0 aromatic heterocycles. The third kappa shape index (κ3) is 3.84. The lowest BCUT2D eigenvalue weighted by atomic mass is 10.0. The Hall–Kier alpha value is -0.540. The van der Waals surface area contributed by atoms with E-state index in [0.29, 0.717) is 0 Å². The first kappa shape index (κ1) is 12.5. The summed E-state index contributed by atoms with van der Waals surface area (Å²) >= 11 is 3.46. The molecule has 1 rings (SSSR count). The molecule has 0 spiro atoms. The van der Waals surface area contributed by atoms with Crippen LogP contribution in [0.1, 0.15) is 25.3 Å². The van der Waals surface area contributed by atoms with Crippen LogP contribution in [0.3, 0.4) is 0 Å². The molecule has 0 heterocycles. The third-order valence-electron chi connectivity index (χ3n) is 2.55. The first-order valence-corrected chi connectivity index (χ1v) is 6.04. The van der Waals surface area contributed by atoms with Gasteiger partial charge in [0.15, 0.2) is 0 Å². The van der Waals surface area contributed by atoms with E-state index < -0.39 is 0 Å². The standard InChI is InChI=1S/C12H18BrNO/c1-3-11(14)6-4-9-8-10(13)5-7-12(9)15-2/h5,7-8,11H,3-4,6,14H2,1-2H3. The summed E-state index contributed by atoms with van der Waals surface area (Å²) in [5.41, 5.74) is 7.12. The number of hydrogen-bond donors (Lipinski definition) is 1. The van der Waals surface area contributed by atoms with Crippen LogP contribution in [0.2, 0.25) is 0 Å². The second kappa shape index (κ2) is 6.13. The molecule has 3 heteroatoms. The molecule has 0 radical (unpaired) electrons. The van der Waals surface area contributed by atoms with Gasteiger partial charge in [-0.25, -0.2) is 0 Å². The Morgan fingerprint density at radius 1 is 1.47 bits per heavy atom. The maximum Gasteiger partial charge on any atom is 0.122 e. The predicted molar refractivity (Wildman–Crippen MR) is 67.3 cm³/mol. The van der Waals surface area contributed by atoms with Gasteiger partial charge in [-0.05, 0) is 43.0 Å². The second-order valence-electron chi connectivity index (χ2n) is 3.66. The van der Waals surface area contributed by atoms with Crippen molar-refractivity contribution in [2.24, 2.45) is 5.73 Å². The molecule has 0 aliphatic rings. The molecule has 0 saturated heterocycles. The highest BCUT2D eigenvalue weighted by molar-refractivity contribution is 9.10. The highest BCUT2D eigenvalue weighted by Gasteiger charge is 2.06. The molecule has 84 valence electrons. The first-order chi connectivity index (χ1) is 7.17. The average molecular weight is 272 g/mol. The summed E-state index contributed by atoms with van der Waals surface area (Å²) in [6, 6.07) is 6.36. The Kier molecular flexibility index (Phi) is 5.12. The minimum atomic E-state index is 0.286. The molecular weight excluding hydrogens is 254 g/mol. The number of methoxy groups -OCH3 is 1. The first-order valence-electron chi connectivity index (χ1n) is 5.25. The fourth-order valence-electron chi connectivity index (χ4n) is 1.49. The molecule has 15 heavy (non-hydrogen) atoms. The minimum Gasteiger partial charge on any atom is -0.496 e. The summed E-state index contributed by atoms with van der Waals surface area (Å²) in [6.45, 7) is 2.11. The summed E-state index contributed by atoms with van der Waals surface area (Å²) in [7, 11) is 1.70. The molecule has 1 unspecified atom stereocenters. The Labute approximate surface area is 99.9 Å². The van der Waals surface area contributed by atoms with E-state index in [-0.39, 0.29) is 6.04 Å². The minimum absolute atomic E-state index is 0.286. The number of benzene rings is 1. The van der Waals surface area contributed by atoms with Gasteiger partial charge in [-0.15, -0.1) is 0 Å². The van der Waals surface area contributed by atoms with Crippen molar-refractivity contribution in [1.82, 2.24) is 0 Å². The van der Waals surface area contributed by atoms with Crippen molar-refractivity contribution in [3.63, 3.8) is 0 Å². The molecule has 1 atom stereocenters. The number of halogens is 1. The lowest BCUT2D eigenvalue weighted by molar-refractivity contribution is 0.408. The van der Waals surface area contributed by atoms with Gasteiger partial charge in [0.1, 0.15) is 5.75 Å². The monoisotopic (exact) mass is 271 g/mol. The molecule has 0 aliphatic carbocycles. The van der Waals surface area contributed by atoms with Crippen LogP contribution in [-0.2, 0) is 6.42 Å². The maximum absolute atomic E-state index is 5.90. The van der Waals surface area contributed by atoms with E-state index >= 15 is 0 Å². The van der Waals surface area contributed by atoms with Gasteiger partial charge < -0.3 is 10.5 Å². The largest absolute Gasteiger partial charge is 0.496 e. The van der Waals surface area contributed by atoms with Crippen molar-refractivity contribution >= 4 is 15.9 Å². The van der Waals surface area contributed by atoms with E-state index in [2.05, 4.69) is 28.9 Å². The van der Waals surface area contributed by atoms with Gasteiger partial charge in [0.25, 0.3) is 0 Å². The summed E-state index contributed by atoms with van der Waals surface area (Å²) in [6.07, 6.45) is 3.00. The number of hydrogen-bond acceptors (Lipinski definition) is 2. The molecule has 0 amide bonds. The van der Waals surface area contributed by atoms with Gasteiger partial charge in [-0.2, -0.15) is 0 Å². The van der Waals surface area contributed by atoms with Crippen molar-refractivity contribution in [3.05, 3.63) is 28.2 Å². The molecule has 2 N–H and O–H groups in total. The summed E-state index contributed by atoms with van der Waals surface area (Å²) in [5.74, 6) is 0.946. The molecule has 0 bridgehead atoms. The van der Waals surface area contributed by atoms with Crippen molar-refractivity contribution < 1.29 is 4.74 Å². The molecule has 1 aromatic carbocycles. The number of ether oxygens (including phenoxy) is 1. The van der Waals surface area contributed by atoms with E-state index in [0.717, 1.165) is 29.5 Å². The fraction of sp³-hybridized carbons (Fsp3) is 0.500. The number of rotatable bonds is 5. The van der Waals surface area contributed by atoms with Crippen molar-refractivity contribution in [3.8, 4) is 5.75 Å². The van der Waals surface area contributed by atoms with Crippen LogP contribution >= 0.6 is 15.9 Å². The summed E-state index contributed by atoms with van der Waals surface area (Å²) in [5, 5.41) is 0. The topological polar surface area (TPSA) is 35.2 Å². The van der Waals surface area contributed by atoms with Crippen LogP contribution < -0.4 is 10.5 Å². The maximum atomic E-state index is 5.90. The Morgan fingerprint density at radius 3 is 2.80 bits per heavy atom. The van der Waals surface area contributed by atoms with Crippen molar-refractivity contribution in [2.45, 2.75) is 32.2 Å². The zero-order chi connectivity index (χ0) is 11.3. The summed E-state index contributed by atoms with van der Waals surface area (Å²) in [4.78, 5) is 0. The van der Waals surface area contributed by atoms with Crippen LogP contribution in [0, 0.1) is 0 Å². The lowest BCUT2D eigenvalue weighted by Gasteiger charge is -2.11. The van der Waals surface area contributed by atoms with Gasteiger partial charge >= 0.3 is 0 Å². The van der Waals surface area contributed by atoms with E-state index in [9.17, 15) is 0 Å². The van der Waals surface area contributed by atoms with Crippen molar-refractivity contribution in [2.75, 3.05) is 7.11 Å². The zero-order valence-electron chi connectivity index (χ0n) is 9.29. The molecular formula is C12H18BrNO. The normalized spacial score (nSPS) is 12.5. The molecule has 1 aromatic rings. The van der Waals surface area contributed by atoms with Crippen LogP contribution in [0.4, 0.5) is 0 Å². The third-order valence-corrected chi connectivity index (χ3v) is 3.04. The van der Waals surface area contributed by atoms with Gasteiger partial charge in [-0.1, -0.05) is 22.9 Å². The van der Waals surface area contributed by atoms with Crippen LogP contribution in [0.5, 0.6) is 5.75 Å². The second-order valence-corrected chi connectivity index (χ2v) is 4.58. The molecule has 0 fully saturated rings. The highest BCUT2D eigenvalue weighted by atomic mass is 79.9. The van der Waals surface area contributed by atoms with Crippen molar-refractivity contribution in [1.29, 1.82) is 0 Å². The Morgan fingerprint density at radius 2 is 2.20 bits per heavy atom. The van der Waals surface area contributed by atoms with E-state index in [4.69, 9.17) is 10.5 Å². The van der Waals surface area contributed by atoms with E-state index in [1.165, 1.54) is 5.56 Å². The van der Waals surface area contributed by atoms with Gasteiger partial charge in [-0.3, -0.25) is 0 Å². The molecule has 0 saturated carbocycles. The SMILES string of the molecule is CCC(N)CCc1cc(Br)ccc1OC. The fourth-order valence-corrected chi connectivity index (χ4v) is 1.90. The lowest BCUT2D eigenvalue weighted by Crippen LogP contribution is -2.19. The summed E-state index contributed by atoms with van der Waals surface area (Å²) < 4.78 is 6.39.